The molecule has 0 N–H and O–H groups in total. The highest BCUT2D eigenvalue weighted by molar-refractivity contribution is 7.99. The van der Waals surface area contributed by atoms with E-state index in [4.69, 9.17) is 4.74 Å². The monoisotopic (exact) mass is 504 g/mol. The number of hydrogen-bond donors (Lipinski definition) is 0. The maximum absolute atomic E-state index is 13.3. The zero-order valence-electron chi connectivity index (χ0n) is 20.2. The first-order valence-electron chi connectivity index (χ1n) is 12.1. The third-order valence-electron chi connectivity index (χ3n) is 6.79. The quantitative estimate of drug-likeness (QED) is 0.252. The Balaban J connectivity index is 1.55. The standard InChI is InChI=1S/C27H31F3N2O2S/c1-17(2)21-11-9-18(3)13-24(21)34-25(33)16-35-26-31-22-14-20(27(28,29)30)10-12-23(22)32(26)15-19-7-5-4-6-8-19/h4-8,10,12,14,17-18,21,24H,9,11,13,15-16H2,1-3H3/t18-,21+,24-/m1/s1. The van der Waals surface area contributed by atoms with Crippen molar-refractivity contribution in [3.8, 4) is 0 Å². The molecule has 8 heteroatoms. The molecule has 0 saturated heterocycles. The summed E-state index contributed by atoms with van der Waals surface area (Å²) >= 11 is 1.21. The van der Waals surface area contributed by atoms with E-state index in [0.717, 1.165) is 37.0 Å². The number of fused-ring (bicyclic) bond motifs is 1. The average Bonchev–Trinajstić information content (AvgIpc) is 3.14. The average molecular weight is 505 g/mol. The lowest BCUT2D eigenvalue weighted by Crippen LogP contribution is -2.36. The van der Waals surface area contributed by atoms with Gasteiger partial charge in [-0.1, -0.05) is 69.3 Å². The van der Waals surface area contributed by atoms with Crippen molar-refractivity contribution in [3.05, 3.63) is 59.7 Å². The third kappa shape index (κ3) is 6.21. The Morgan fingerprint density at radius 3 is 2.60 bits per heavy atom. The van der Waals surface area contributed by atoms with Crippen LogP contribution in [0.2, 0.25) is 0 Å². The van der Waals surface area contributed by atoms with Crippen LogP contribution in [-0.4, -0.2) is 27.4 Å². The van der Waals surface area contributed by atoms with Crippen molar-refractivity contribution in [2.45, 2.75) is 64.0 Å². The molecule has 1 aliphatic carbocycles. The molecule has 1 aromatic heterocycles. The molecule has 1 heterocycles. The lowest BCUT2D eigenvalue weighted by atomic mass is 9.75. The fraction of sp³-hybridized carbons (Fsp3) is 0.481. The van der Waals surface area contributed by atoms with E-state index in [-0.39, 0.29) is 23.3 Å². The molecule has 1 aliphatic rings. The van der Waals surface area contributed by atoms with Crippen molar-refractivity contribution < 1.29 is 22.7 Å². The number of thioether (sulfide) groups is 1. The van der Waals surface area contributed by atoms with E-state index in [1.807, 2.05) is 34.9 Å². The summed E-state index contributed by atoms with van der Waals surface area (Å²) in [5.41, 5.74) is 1.11. The highest BCUT2D eigenvalue weighted by Gasteiger charge is 2.34. The van der Waals surface area contributed by atoms with Gasteiger partial charge in [0.2, 0.25) is 0 Å². The second-order valence-electron chi connectivity index (χ2n) is 9.81. The number of aromatic nitrogens is 2. The highest BCUT2D eigenvalue weighted by Crippen LogP contribution is 2.36. The van der Waals surface area contributed by atoms with Crippen molar-refractivity contribution in [3.63, 3.8) is 0 Å². The predicted octanol–water partition coefficient (Wildman–Crippen LogP) is 7.20. The van der Waals surface area contributed by atoms with E-state index in [1.165, 1.54) is 17.8 Å². The van der Waals surface area contributed by atoms with Crippen molar-refractivity contribution in [1.82, 2.24) is 9.55 Å². The number of imidazole rings is 1. The first-order chi connectivity index (χ1) is 16.6. The zero-order chi connectivity index (χ0) is 25.2. The van der Waals surface area contributed by atoms with Crippen molar-refractivity contribution in [2.75, 3.05) is 5.75 Å². The fourth-order valence-corrected chi connectivity index (χ4v) is 5.69. The SMILES string of the molecule is CC(C)[C@@H]1CC[C@@H](C)C[C@H]1OC(=O)CSc1nc2cc(C(F)(F)F)ccc2n1Cc1ccccc1. The summed E-state index contributed by atoms with van der Waals surface area (Å²) in [6, 6.07) is 13.2. The van der Waals surface area contributed by atoms with Gasteiger partial charge in [0, 0.05) is 0 Å². The second kappa shape index (κ2) is 10.6. The molecule has 1 saturated carbocycles. The molecule has 2 aromatic carbocycles. The molecule has 0 unspecified atom stereocenters. The number of carbonyl (C=O) groups excluding carboxylic acids is 1. The van der Waals surface area contributed by atoms with Gasteiger partial charge in [-0.15, -0.1) is 0 Å². The summed E-state index contributed by atoms with van der Waals surface area (Å²) in [5, 5.41) is 0.498. The van der Waals surface area contributed by atoms with Crippen molar-refractivity contribution in [1.29, 1.82) is 0 Å². The number of ether oxygens (including phenoxy) is 1. The van der Waals surface area contributed by atoms with Gasteiger partial charge < -0.3 is 9.30 Å². The van der Waals surface area contributed by atoms with Gasteiger partial charge in [-0.3, -0.25) is 4.79 Å². The van der Waals surface area contributed by atoms with Gasteiger partial charge in [-0.2, -0.15) is 13.2 Å². The molecule has 0 bridgehead atoms. The smallest absolute Gasteiger partial charge is 0.416 e. The summed E-state index contributed by atoms with van der Waals surface area (Å²) in [4.78, 5) is 17.3. The first-order valence-corrected chi connectivity index (χ1v) is 13.0. The number of nitrogens with zero attached hydrogens (tertiary/aromatic N) is 2. The van der Waals surface area contributed by atoms with Gasteiger partial charge in [0.05, 0.1) is 28.9 Å². The van der Waals surface area contributed by atoms with Crippen molar-refractivity contribution in [2.24, 2.45) is 17.8 Å². The molecule has 0 aliphatic heterocycles. The molecule has 3 aromatic rings. The minimum atomic E-state index is -4.45. The summed E-state index contributed by atoms with van der Waals surface area (Å²) < 4.78 is 47.6. The van der Waals surface area contributed by atoms with Crippen LogP contribution in [0, 0.1) is 17.8 Å². The lowest BCUT2D eigenvalue weighted by Gasteiger charge is -2.36. The summed E-state index contributed by atoms with van der Waals surface area (Å²) in [6.07, 6.45) is -1.47. The first kappa shape index (κ1) is 25.6. The maximum atomic E-state index is 13.3. The van der Waals surface area contributed by atoms with E-state index >= 15 is 0 Å². The zero-order valence-corrected chi connectivity index (χ0v) is 21.0. The Kier molecular flexibility index (Phi) is 7.79. The Morgan fingerprint density at radius 2 is 1.91 bits per heavy atom. The van der Waals surface area contributed by atoms with Crippen LogP contribution in [0.5, 0.6) is 0 Å². The molecule has 1 fully saturated rings. The molecule has 0 amide bonds. The number of esters is 1. The number of benzene rings is 2. The number of hydrogen-bond acceptors (Lipinski definition) is 4. The van der Waals surface area contributed by atoms with Gasteiger partial charge in [-0.05, 0) is 54.4 Å². The van der Waals surface area contributed by atoms with Crippen LogP contribution in [0.15, 0.2) is 53.7 Å². The van der Waals surface area contributed by atoms with Crippen LogP contribution in [0.25, 0.3) is 11.0 Å². The molecule has 188 valence electrons. The molecule has 4 nitrogen and oxygen atoms in total. The van der Waals surface area contributed by atoms with Crippen LogP contribution in [-0.2, 0) is 22.3 Å². The van der Waals surface area contributed by atoms with Gasteiger partial charge in [-0.25, -0.2) is 4.98 Å². The van der Waals surface area contributed by atoms with E-state index < -0.39 is 11.7 Å². The van der Waals surface area contributed by atoms with Gasteiger partial charge in [0.1, 0.15) is 6.10 Å². The number of alkyl halides is 3. The highest BCUT2D eigenvalue weighted by atomic mass is 32.2. The van der Waals surface area contributed by atoms with E-state index in [1.54, 1.807) is 0 Å². The number of rotatable bonds is 7. The molecular formula is C27H31F3N2O2S. The van der Waals surface area contributed by atoms with E-state index in [2.05, 4.69) is 25.8 Å². The summed E-state index contributed by atoms with van der Waals surface area (Å²) in [5.74, 6) is 1.05. The minimum Gasteiger partial charge on any atom is -0.461 e. The van der Waals surface area contributed by atoms with E-state index in [9.17, 15) is 18.0 Å². The fourth-order valence-electron chi connectivity index (χ4n) is 4.89. The number of carbonyl (C=O) groups is 1. The number of halogens is 3. The Bertz CT molecular complexity index is 1160. The predicted molar refractivity (Wildman–Crippen MR) is 132 cm³/mol. The van der Waals surface area contributed by atoms with E-state index in [0.29, 0.717) is 35.0 Å². The lowest BCUT2D eigenvalue weighted by molar-refractivity contribution is -0.152. The Labute approximate surface area is 208 Å². The molecule has 4 rings (SSSR count). The molecule has 0 spiro atoms. The molecule has 0 radical (unpaired) electrons. The molecular weight excluding hydrogens is 473 g/mol. The normalized spacial score (nSPS) is 20.9. The maximum Gasteiger partial charge on any atom is 0.416 e. The largest absolute Gasteiger partial charge is 0.461 e. The Hall–Kier alpha value is -2.48. The van der Waals surface area contributed by atoms with Gasteiger partial charge in [0.15, 0.2) is 5.16 Å². The summed E-state index contributed by atoms with van der Waals surface area (Å²) in [7, 11) is 0. The van der Waals surface area contributed by atoms with Crippen LogP contribution in [0.4, 0.5) is 13.2 Å². The van der Waals surface area contributed by atoms with Crippen LogP contribution < -0.4 is 0 Å². The summed E-state index contributed by atoms with van der Waals surface area (Å²) in [6.45, 7) is 6.96. The third-order valence-corrected chi connectivity index (χ3v) is 7.74. The second-order valence-corrected chi connectivity index (χ2v) is 10.8. The Morgan fingerprint density at radius 1 is 1.17 bits per heavy atom. The van der Waals surface area contributed by atoms with Crippen LogP contribution >= 0.6 is 11.8 Å². The van der Waals surface area contributed by atoms with Crippen LogP contribution in [0.1, 0.15) is 51.2 Å². The van der Waals surface area contributed by atoms with Gasteiger partial charge >= 0.3 is 12.1 Å². The van der Waals surface area contributed by atoms with Gasteiger partial charge in [0.25, 0.3) is 0 Å². The van der Waals surface area contributed by atoms with Crippen LogP contribution in [0.3, 0.4) is 0 Å². The molecule has 3 atom stereocenters. The topological polar surface area (TPSA) is 44.1 Å². The molecule has 35 heavy (non-hydrogen) atoms. The minimum absolute atomic E-state index is 0.0555. The van der Waals surface area contributed by atoms with Crippen molar-refractivity contribution >= 4 is 28.8 Å².